The summed E-state index contributed by atoms with van der Waals surface area (Å²) < 4.78 is 0. The molecule has 14 heavy (non-hydrogen) atoms. The lowest BCUT2D eigenvalue weighted by atomic mass is 9.70. The van der Waals surface area contributed by atoms with E-state index < -0.39 is 0 Å². The molecular weight excluding hydrogens is 173 g/mol. The Morgan fingerprint density at radius 1 is 1.50 bits per heavy atom. The van der Waals surface area contributed by atoms with E-state index in [0.717, 1.165) is 5.69 Å². The average molecular weight is 189 g/mol. The van der Waals surface area contributed by atoms with Gasteiger partial charge in [-0.3, -0.25) is 4.79 Å². The van der Waals surface area contributed by atoms with Crippen molar-refractivity contribution in [3.8, 4) is 0 Å². The predicted octanol–water partition coefficient (Wildman–Crippen LogP) is 1.54. The molecule has 0 aliphatic carbocycles. The maximum absolute atomic E-state index is 11.4. The van der Waals surface area contributed by atoms with Gasteiger partial charge in [-0.1, -0.05) is 26.8 Å². The maximum Gasteiger partial charge on any atom is 0.180 e. The Morgan fingerprint density at radius 3 is 2.64 bits per heavy atom. The van der Waals surface area contributed by atoms with E-state index in [2.05, 4.69) is 26.7 Å². The van der Waals surface area contributed by atoms with Gasteiger partial charge in [0.15, 0.2) is 5.78 Å². The molecule has 1 heterocycles. The van der Waals surface area contributed by atoms with Crippen molar-refractivity contribution in [2.75, 3.05) is 0 Å². The summed E-state index contributed by atoms with van der Waals surface area (Å²) in [6.07, 6.45) is 0.514. The molecule has 0 aromatic carbocycles. The molecule has 0 N–H and O–H groups in total. The second kappa shape index (κ2) is 3.95. The molecule has 0 unspecified atom stereocenters. The number of rotatable bonds is 3. The highest BCUT2D eigenvalue weighted by atomic mass is 16.1. The highest BCUT2D eigenvalue weighted by molar-refractivity contribution is 6.15. The van der Waals surface area contributed by atoms with Gasteiger partial charge in [-0.05, 0) is 17.4 Å². The normalized spacial score (nSPS) is 11.4. The first-order valence-electron chi connectivity index (χ1n) is 4.96. The van der Waals surface area contributed by atoms with Crippen LogP contribution < -0.4 is 0 Å². The molecule has 0 saturated carbocycles. The van der Waals surface area contributed by atoms with Gasteiger partial charge in [0.2, 0.25) is 0 Å². The minimum absolute atomic E-state index is 0.00400. The van der Waals surface area contributed by atoms with Crippen LogP contribution in [0.2, 0.25) is 0 Å². The molecular formula is C11H16BNO. The highest BCUT2D eigenvalue weighted by Crippen LogP contribution is 2.16. The first-order chi connectivity index (χ1) is 6.45. The third kappa shape index (κ3) is 2.44. The molecule has 3 heteroatoms. The predicted molar refractivity (Wildman–Crippen MR) is 60.4 cm³/mol. The van der Waals surface area contributed by atoms with Gasteiger partial charge in [-0.25, -0.2) is 4.98 Å². The zero-order valence-corrected chi connectivity index (χ0v) is 9.29. The Labute approximate surface area is 86.2 Å². The van der Waals surface area contributed by atoms with Crippen LogP contribution in [-0.4, -0.2) is 18.6 Å². The van der Waals surface area contributed by atoms with E-state index in [0.29, 0.717) is 12.1 Å². The van der Waals surface area contributed by atoms with Gasteiger partial charge < -0.3 is 0 Å². The van der Waals surface area contributed by atoms with Crippen molar-refractivity contribution in [3.05, 3.63) is 29.6 Å². The van der Waals surface area contributed by atoms with Crippen molar-refractivity contribution < 1.29 is 4.79 Å². The summed E-state index contributed by atoms with van der Waals surface area (Å²) >= 11 is 0. The smallest absolute Gasteiger partial charge is 0.180 e. The molecule has 0 fully saturated rings. The Kier molecular flexibility index (Phi) is 3.09. The lowest BCUT2D eigenvalue weighted by molar-refractivity contribution is 0.0983. The first kappa shape index (κ1) is 11.0. The van der Waals surface area contributed by atoms with Gasteiger partial charge in [0.25, 0.3) is 0 Å². The molecule has 74 valence electrons. The fourth-order valence-electron chi connectivity index (χ4n) is 1.19. The van der Waals surface area contributed by atoms with Crippen molar-refractivity contribution in [2.45, 2.75) is 32.5 Å². The van der Waals surface area contributed by atoms with Gasteiger partial charge in [-0.2, -0.15) is 0 Å². The highest BCUT2D eigenvalue weighted by Gasteiger charge is 2.16. The number of pyridine rings is 1. The molecule has 2 nitrogen and oxygen atoms in total. The zero-order valence-electron chi connectivity index (χ0n) is 9.29. The van der Waals surface area contributed by atoms with Crippen LogP contribution in [0.5, 0.6) is 0 Å². The van der Waals surface area contributed by atoms with E-state index in [1.807, 2.05) is 19.1 Å². The van der Waals surface area contributed by atoms with Crippen LogP contribution in [-0.2, 0) is 5.31 Å². The Hall–Kier alpha value is -1.12. The van der Waals surface area contributed by atoms with Crippen molar-refractivity contribution in [1.82, 2.24) is 4.98 Å². The van der Waals surface area contributed by atoms with Crippen LogP contribution in [0.3, 0.4) is 0 Å². The standard InChI is InChI=1S/C11H16BNO/c1-4-9(14)8-6-5-7-10(13-8)11(2,3)12/h5-7H,4,12H2,1-3H3. The number of hydrogen-bond donors (Lipinski definition) is 0. The average Bonchev–Trinajstić information content (AvgIpc) is 2.15. The van der Waals surface area contributed by atoms with Crippen molar-refractivity contribution in [2.24, 2.45) is 0 Å². The Bertz CT molecular complexity index is 341. The van der Waals surface area contributed by atoms with E-state index in [1.165, 1.54) is 0 Å². The second-order valence-corrected chi connectivity index (χ2v) is 4.43. The monoisotopic (exact) mass is 189 g/mol. The minimum atomic E-state index is 0.00400. The van der Waals surface area contributed by atoms with E-state index in [1.54, 1.807) is 6.07 Å². The summed E-state index contributed by atoms with van der Waals surface area (Å²) in [6, 6.07) is 5.64. The van der Waals surface area contributed by atoms with Gasteiger partial charge in [0.1, 0.15) is 13.5 Å². The lowest BCUT2D eigenvalue weighted by Gasteiger charge is -2.17. The summed E-state index contributed by atoms with van der Waals surface area (Å²) in [5.74, 6) is 0.108. The van der Waals surface area contributed by atoms with Crippen molar-refractivity contribution >= 4 is 13.6 Å². The molecule has 0 amide bonds. The first-order valence-corrected chi connectivity index (χ1v) is 4.96. The number of hydrogen-bond acceptors (Lipinski definition) is 2. The van der Waals surface area contributed by atoms with Gasteiger partial charge in [0.05, 0.1) is 0 Å². The number of ketones is 1. The molecule has 0 spiro atoms. The molecule has 1 aromatic heterocycles. The van der Waals surface area contributed by atoms with Gasteiger partial charge >= 0.3 is 0 Å². The van der Waals surface area contributed by atoms with Gasteiger partial charge in [0, 0.05) is 12.1 Å². The summed E-state index contributed by atoms with van der Waals surface area (Å²) in [6.45, 7) is 6.04. The van der Waals surface area contributed by atoms with Crippen LogP contribution in [0.4, 0.5) is 0 Å². The third-order valence-electron chi connectivity index (χ3n) is 2.12. The zero-order chi connectivity index (χ0) is 10.8. The topological polar surface area (TPSA) is 30.0 Å². The fourth-order valence-corrected chi connectivity index (χ4v) is 1.19. The summed E-state index contributed by atoms with van der Waals surface area (Å²) in [7, 11) is 2.09. The Balaban J connectivity index is 3.08. The molecule has 0 saturated heterocycles. The summed E-state index contributed by atoms with van der Waals surface area (Å²) in [5, 5.41) is 0.00400. The van der Waals surface area contributed by atoms with Crippen molar-refractivity contribution in [3.63, 3.8) is 0 Å². The number of nitrogens with zero attached hydrogens (tertiary/aromatic N) is 1. The van der Waals surface area contributed by atoms with Crippen molar-refractivity contribution in [1.29, 1.82) is 0 Å². The molecule has 1 rings (SSSR count). The lowest BCUT2D eigenvalue weighted by Crippen LogP contribution is -2.19. The number of aromatic nitrogens is 1. The van der Waals surface area contributed by atoms with Gasteiger partial charge in [-0.15, -0.1) is 0 Å². The maximum atomic E-state index is 11.4. The van der Waals surface area contributed by atoms with Crippen LogP contribution in [0, 0.1) is 0 Å². The molecule has 0 aliphatic heterocycles. The van der Waals surface area contributed by atoms with E-state index in [4.69, 9.17) is 0 Å². The van der Waals surface area contributed by atoms with Crippen LogP contribution in [0.25, 0.3) is 0 Å². The quantitative estimate of drug-likeness (QED) is 0.533. The number of carbonyl (C=O) groups is 1. The van der Waals surface area contributed by atoms with Crippen LogP contribution in [0.1, 0.15) is 43.4 Å². The molecule has 0 atom stereocenters. The van der Waals surface area contributed by atoms with Crippen LogP contribution >= 0.6 is 0 Å². The molecule has 0 aliphatic rings. The minimum Gasteiger partial charge on any atom is -0.292 e. The number of carbonyl (C=O) groups excluding carboxylic acids is 1. The fraction of sp³-hybridized carbons (Fsp3) is 0.455. The van der Waals surface area contributed by atoms with E-state index in [-0.39, 0.29) is 11.1 Å². The SMILES string of the molecule is BC(C)(C)c1cccc(C(=O)CC)n1. The molecule has 0 radical (unpaired) electrons. The molecule has 0 bridgehead atoms. The Morgan fingerprint density at radius 2 is 2.14 bits per heavy atom. The van der Waals surface area contributed by atoms with Crippen LogP contribution in [0.15, 0.2) is 18.2 Å². The van der Waals surface area contributed by atoms with E-state index in [9.17, 15) is 4.79 Å². The molecule has 1 aromatic rings. The number of Topliss-reactive ketones (excluding diaryl/α,β-unsaturated/α-hetero) is 1. The second-order valence-electron chi connectivity index (χ2n) is 4.43. The van der Waals surface area contributed by atoms with E-state index >= 15 is 0 Å². The largest absolute Gasteiger partial charge is 0.292 e. The summed E-state index contributed by atoms with van der Waals surface area (Å²) in [5.41, 5.74) is 1.55. The summed E-state index contributed by atoms with van der Waals surface area (Å²) in [4.78, 5) is 15.8. The third-order valence-corrected chi connectivity index (χ3v) is 2.12.